The number of hydrogen-bond donors (Lipinski definition) is 1. The van der Waals surface area contributed by atoms with E-state index in [9.17, 15) is 14.7 Å². The maximum absolute atomic E-state index is 12.6. The number of amides is 1. The fourth-order valence-corrected chi connectivity index (χ4v) is 3.57. The summed E-state index contributed by atoms with van der Waals surface area (Å²) in [5.74, 6) is -2.09. The zero-order chi connectivity index (χ0) is 15.7. The van der Waals surface area contributed by atoms with Crippen molar-refractivity contribution in [2.45, 2.75) is 12.8 Å². The molecule has 2 bridgehead atoms. The van der Waals surface area contributed by atoms with Crippen LogP contribution in [-0.4, -0.2) is 19.0 Å². The van der Waals surface area contributed by atoms with Crippen LogP contribution >= 0.6 is 0 Å². The number of aliphatic carboxylic acids is 1. The molecule has 0 spiro atoms. The average molecular weight is 300 g/mol. The lowest BCUT2D eigenvalue weighted by atomic mass is 9.62. The Morgan fingerprint density at radius 1 is 1.09 bits per heavy atom. The molecule has 1 fully saturated rings. The lowest BCUT2D eigenvalue weighted by Gasteiger charge is -2.44. The third-order valence-corrected chi connectivity index (χ3v) is 4.68. The summed E-state index contributed by atoms with van der Waals surface area (Å²) in [4.78, 5) is 24.0. The predicted octanol–water partition coefficient (Wildman–Crippen LogP) is 1.21. The molecule has 116 valence electrons. The van der Waals surface area contributed by atoms with Crippen molar-refractivity contribution in [3.05, 3.63) is 36.4 Å². The number of carboxylic acids is 1. The van der Waals surface area contributed by atoms with Gasteiger partial charge >= 0.3 is 0 Å². The van der Waals surface area contributed by atoms with Gasteiger partial charge in [0.1, 0.15) is 5.75 Å². The SMILES string of the molecule is COc1ccc(NC(=O)[C@@H]2[C@@H](C(=O)[O-])[C@@H]3C=C[C@@H]2CC3)cc1. The van der Waals surface area contributed by atoms with Crippen LogP contribution in [0.2, 0.25) is 0 Å². The fraction of sp³-hybridized carbons (Fsp3) is 0.412. The monoisotopic (exact) mass is 300 g/mol. The van der Waals surface area contributed by atoms with Gasteiger partial charge in [-0.3, -0.25) is 4.79 Å². The van der Waals surface area contributed by atoms with E-state index in [4.69, 9.17) is 4.74 Å². The number of nitrogens with one attached hydrogen (secondary N) is 1. The number of methoxy groups -OCH3 is 1. The van der Waals surface area contributed by atoms with E-state index >= 15 is 0 Å². The molecule has 0 saturated heterocycles. The van der Waals surface area contributed by atoms with Crippen molar-refractivity contribution >= 4 is 17.6 Å². The minimum atomic E-state index is -1.13. The molecule has 5 heteroatoms. The average Bonchev–Trinajstić information content (AvgIpc) is 2.55. The number of carboxylic acid groups (broad SMARTS) is 1. The molecule has 0 aliphatic heterocycles. The molecule has 5 nitrogen and oxygen atoms in total. The van der Waals surface area contributed by atoms with Crippen LogP contribution in [0.1, 0.15) is 12.8 Å². The van der Waals surface area contributed by atoms with E-state index in [0.29, 0.717) is 11.4 Å². The Labute approximate surface area is 129 Å². The molecular formula is C17H18NO4-. The zero-order valence-corrected chi connectivity index (χ0v) is 12.3. The van der Waals surface area contributed by atoms with E-state index in [-0.39, 0.29) is 17.7 Å². The van der Waals surface area contributed by atoms with Crippen LogP contribution in [-0.2, 0) is 9.59 Å². The number of carbonyl (C=O) groups is 2. The minimum Gasteiger partial charge on any atom is -0.550 e. The maximum atomic E-state index is 12.6. The number of benzene rings is 1. The van der Waals surface area contributed by atoms with Crippen molar-refractivity contribution in [2.75, 3.05) is 12.4 Å². The Bertz CT molecular complexity index is 608. The van der Waals surface area contributed by atoms with E-state index < -0.39 is 17.8 Å². The Morgan fingerprint density at radius 3 is 2.18 bits per heavy atom. The molecule has 0 unspecified atom stereocenters. The van der Waals surface area contributed by atoms with Crippen LogP contribution in [0.15, 0.2) is 36.4 Å². The second kappa shape index (κ2) is 5.83. The molecule has 1 amide bonds. The first-order valence-corrected chi connectivity index (χ1v) is 7.44. The number of hydrogen-bond acceptors (Lipinski definition) is 4. The van der Waals surface area contributed by atoms with Crippen molar-refractivity contribution in [1.29, 1.82) is 0 Å². The van der Waals surface area contributed by atoms with Gasteiger partial charge in [0, 0.05) is 17.6 Å². The molecule has 4 rings (SSSR count). The maximum Gasteiger partial charge on any atom is 0.228 e. The highest BCUT2D eigenvalue weighted by atomic mass is 16.5. The molecule has 3 aliphatic rings. The predicted molar refractivity (Wildman–Crippen MR) is 79.0 cm³/mol. The molecule has 3 aliphatic carbocycles. The normalized spacial score (nSPS) is 29.1. The summed E-state index contributed by atoms with van der Waals surface area (Å²) < 4.78 is 5.07. The first kappa shape index (κ1) is 14.6. The summed E-state index contributed by atoms with van der Waals surface area (Å²) in [7, 11) is 1.57. The second-order valence-corrected chi connectivity index (χ2v) is 5.88. The van der Waals surface area contributed by atoms with Gasteiger partial charge in [0.2, 0.25) is 5.91 Å². The van der Waals surface area contributed by atoms with E-state index in [1.54, 1.807) is 31.4 Å². The van der Waals surface area contributed by atoms with Crippen LogP contribution < -0.4 is 15.2 Å². The van der Waals surface area contributed by atoms with Crippen molar-refractivity contribution in [1.82, 2.24) is 0 Å². The molecule has 1 saturated carbocycles. The summed E-state index contributed by atoms with van der Waals surface area (Å²) in [5, 5.41) is 14.3. The van der Waals surface area contributed by atoms with Gasteiger partial charge in [-0.25, -0.2) is 0 Å². The minimum absolute atomic E-state index is 0.0221. The molecule has 1 aromatic carbocycles. The van der Waals surface area contributed by atoms with Crippen molar-refractivity contribution in [3.63, 3.8) is 0 Å². The van der Waals surface area contributed by atoms with Crippen molar-refractivity contribution < 1.29 is 19.4 Å². The molecule has 1 aromatic rings. The highest BCUT2D eigenvalue weighted by Crippen LogP contribution is 2.45. The molecule has 0 radical (unpaired) electrons. The number of carbonyl (C=O) groups excluding carboxylic acids is 2. The van der Waals surface area contributed by atoms with Gasteiger partial charge in [-0.2, -0.15) is 0 Å². The Kier molecular flexibility index (Phi) is 3.88. The Morgan fingerprint density at radius 2 is 1.68 bits per heavy atom. The Hall–Kier alpha value is -2.30. The molecule has 22 heavy (non-hydrogen) atoms. The van der Waals surface area contributed by atoms with Crippen molar-refractivity contribution in [3.8, 4) is 5.75 Å². The zero-order valence-electron chi connectivity index (χ0n) is 12.3. The Balaban J connectivity index is 1.78. The standard InChI is InChI=1S/C17H19NO4/c1-22-13-8-6-12(7-9-13)18-16(19)14-10-2-4-11(5-3-10)15(14)17(20)21/h2,4,6-11,14-15H,3,5H2,1H3,(H,18,19)(H,20,21)/p-1/t10-,11-,14+,15+/m1/s1. The fourth-order valence-electron chi connectivity index (χ4n) is 3.57. The second-order valence-electron chi connectivity index (χ2n) is 5.88. The summed E-state index contributed by atoms with van der Waals surface area (Å²) in [6.07, 6.45) is 5.56. The van der Waals surface area contributed by atoms with Crippen LogP contribution in [0.5, 0.6) is 5.75 Å². The van der Waals surface area contributed by atoms with Gasteiger partial charge in [0.05, 0.1) is 13.0 Å². The van der Waals surface area contributed by atoms with Crippen LogP contribution in [0.25, 0.3) is 0 Å². The number of ether oxygens (including phenoxy) is 1. The summed E-state index contributed by atoms with van der Waals surface area (Å²) >= 11 is 0. The molecule has 0 aromatic heterocycles. The number of anilines is 1. The molecule has 1 N–H and O–H groups in total. The lowest BCUT2D eigenvalue weighted by Crippen LogP contribution is -2.51. The third kappa shape index (κ3) is 2.58. The van der Waals surface area contributed by atoms with E-state index in [1.807, 2.05) is 12.2 Å². The first-order valence-electron chi connectivity index (χ1n) is 7.44. The lowest BCUT2D eigenvalue weighted by molar-refractivity contribution is -0.316. The third-order valence-electron chi connectivity index (χ3n) is 4.68. The summed E-state index contributed by atoms with van der Waals surface area (Å²) in [6, 6.07) is 6.97. The van der Waals surface area contributed by atoms with E-state index in [2.05, 4.69) is 5.32 Å². The van der Waals surface area contributed by atoms with Crippen LogP contribution in [0.3, 0.4) is 0 Å². The van der Waals surface area contributed by atoms with E-state index in [1.165, 1.54) is 0 Å². The quantitative estimate of drug-likeness (QED) is 0.848. The van der Waals surface area contributed by atoms with Crippen LogP contribution in [0, 0.1) is 23.7 Å². The smallest absolute Gasteiger partial charge is 0.228 e. The number of allylic oxidation sites excluding steroid dienone is 2. The largest absolute Gasteiger partial charge is 0.550 e. The van der Waals surface area contributed by atoms with Crippen LogP contribution in [0.4, 0.5) is 5.69 Å². The summed E-state index contributed by atoms with van der Waals surface area (Å²) in [5.41, 5.74) is 0.633. The highest BCUT2D eigenvalue weighted by Gasteiger charge is 2.45. The van der Waals surface area contributed by atoms with Gasteiger partial charge in [0.15, 0.2) is 0 Å². The summed E-state index contributed by atoms with van der Waals surface area (Å²) in [6.45, 7) is 0. The van der Waals surface area contributed by atoms with E-state index in [0.717, 1.165) is 12.8 Å². The van der Waals surface area contributed by atoms with Gasteiger partial charge in [-0.05, 0) is 48.9 Å². The number of fused-ring (bicyclic) bond motifs is 2. The molecular weight excluding hydrogens is 282 g/mol. The van der Waals surface area contributed by atoms with Gasteiger partial charge in [-0.15, -0.1) is 0 Å². The van der Waals surface area contributed by atoms with Gasteiger partial charge < -0.3 is 20.0 Å². The highest BCUT2D eigenvalue weighted by molar-refractivity contribution is 5.95. The van der Waals surface area contributed by atoms with Crippen molar-refractivity contribution in [2.24, 2.45) is 23.7 Å². The molecule has 0 heterocycles. The van der Waals surface area contributed by atoms with Gasteiger partial charge in [-0.1, -0.05) is 12.2 Å². The topological polar surface area (TPSA) is 78.5 Å². The first-order chi connectivity index (χ1) is 10.6. The van der Waals surface area contributed by atoms with Gasteiger partial charge in [0.25, 0.3) is 0 Å². The molecule has 4 atom stereocenters. The number of rotatable bonds is 4.